The fraction of sp³-hybridized carbons (Fsp3) is 0.471. The lowest BCUT2D eigenvalue weighted by atomic mass is 10.2. The van der Waals surface area contributed by atoms with E-state index in [-0.39, 0.29) is 24.5 Å². The molecule has 0 saturated carbocycles. The maximum absolute atomic E-state index is 12.1. The summed E-state index contributed by atoms with van der Waals surface area (Å²) in [6, 6.07) is 3.76. The fourth-order valence-electron chi connectivity index (χ4n) is 2.69. The maximum Gasteiger partial charge on any atom is 0.226 e. The first-order valence-corrected chi connectivity index (χ1v) is 9.79. The average molecular weight is 364 g/mol. The minimum Gasteiger partial charge on any atom is -0.302 e. The van der Waals surface area contributed by atoms with E-state index in [1.165, 1.54) is 16.2 Å². The van der Waals surface area contributed by atoms with Crippen molar-refractivity contribution < 1.29 is 9.59 Å². The van der Waals surface area contributed by atoms with Gasteiger partial charge in [0.1, 0.15) is 0 Å². The number of likely N-dealkylation sites (N-methyl/N-ethyl adjacent to an activating group) is 1. The van der Waals surface area contributed by atoms with Crippen LogP contribution in [0.2, 0.25) is 0 Å². The quantitative estimate of drug-likeness (QED) is 0.798. The number of hydrogen-bond donors (Lipinski definition) is 1. The second-order valence-corrected chi connectivity index (χ2v) is 8.26. The molecule has 0 bridgehead atoms. The van der Waals surface area contributed by atoms with Gasteiger partial charge < -0.3 is 5.32 Å². The van der Waals surface area contributed by atoms with Gasteiger partial charge in [0.05, 0.1) is 10.6 Å². The van der Waals surface area contributed by atoms with Gasteiger partial charge in [-0.1, -0.05) is 6.92 Å². The zero-order chi connectivity index (χ0) is 17.1. The van der Waals surface area contributed by atoms with Crippen LogP contribution in [0.5, 0.6) is 0 Å². The van der Waals surface area contributed by atoms with Crippen molar-refractivity contribution in [2.75, 3.05) is 18.4 Å². The number of carbonyl (C=O) groups excluding carboxylic acids is 2. The Hall–Kier alpha value is -1.57. The number of hydrogen-bond acceptors (Lipinski definition) is 6. The number of aryl methyl sites for hydroxylation is 1. The summed E-state index contributed by atoms with van der Waals surface area (Å²) in [5, 5.41) is 3.50. The van der Waals surface area contributed by atoms with Crippen LogP contribution in [0.1, 0.15) is 44.9 Å². The molecule has 1 aliphatic rings. The van der Waals surface area contributed by atoms with E-state index in [0.29, 0.717) is 5.13 Å². The Morgan fingerprint density at radius 1 is 1.29 bits per heavy atom. The summed E-state index contributed by atoms with van der Waals surface area (Å²) in [5.41, 5.74) is 1.10. The molecule has 3 rings (SSSR count). The van der Waals surface area contributed by atoms with Gasteiger partial charge in [0.15, 0.2) is 10.9 Å². The molecule has 1 aliphatic heterocycles. The smallest absolute Gasteiger partial charge is 0.226 e. The molecule has 0 radical (unpaired) electrons. The van der Waals surface area contributed by atoms with Crippen molar-refractivity contribution in [3.8, 4) is 0 Å². The number of rotatable bonds is 6. The molecule has 24 heavy (non-hydrogen) atoms. The van der Waals surface area contributed by atoms with Crippen LogP contribution in [0.4, 0.5) is 5.13 Å². The number of amides is 1. The van der Waals surface area contributed by atoms with Gasteiger partial charge in [-0.2, -0.15) is 0 Å². The first-order valence-electron chi connectivity index (χ1n) is 8.15. The van der Waals surface area contributed by atoms with Gasteiger partial charge in [-0.25, -0.2) is 4.98 Å². The molecule has 0 saturated heterocycles. The van der Waals surface area contributed by atoms with Crippen LogP contribution in [-0.4, -0.2) is 34.7 Å². The summed E-state index contributed by atoms with van der Waals surface area (Å²) in [6.45, 7) is 7.09. The second kappa shape index (κ2) is 7.55. The fourth-order valence-corrected chi connectivity index (χ4v) is 4.59. The highest BCUT2D eigenvalue weighted by molar-refractivity contribution is 7.16. The van der Waals surface area contributed by atoms with Crippen molar-refractivity contribution in [1.82, 2.24) is 9.88 Å². The lowest BCUT2D eigenvalue weighted by molar-refractivity contribution is -0.116. The predicted octanol–water partition coefficient (Wildman–Crippen LogP) is 3.49. The molecule has 0 unspecified atom stereocenters. The van der Waals surface area contributed by atoms with Crippen molar-refractivity contribution in [2.45, 2.75) is 39.7 Å². The largest absolute Gasteiger partial charge is 0.302 e. The molecule has 0 aromatic carbocycles. The van der Waals surface area contributed by atoms with E-state index in [1.807, 2.05) is 19.1 Å². The monoisotopic (exact) mass is 363 g/mol. The first-order chi connectivity index (χ1) is 11.5. The van der Waals surface area contributed by atoms with E-state index < -0.39 is 0 Å². The molecular formula is C17H21N3O2S2. The lowest BCUT2D eigenvalue weighted by Gasteiger charge is -2.23. The Morgan fingerprint density at radius 3 is 2.83 bits per heavy atom. The minimum atomic E-state index is -0.143. The van der Waals surface area contributed by atoms with E-state index in [1.54, 1.807) is 11.3 Å². The van der Waals surface area contributed by atoms with E-state index in [4.69, 9.17) is 0 Å². The Kier molecular flexibility index (Phi) is 5.43. The van der Waals surface area contributed by atoms with Gasteiger partial charge in [-0.3, -0.25) is 14.5 Å². The molecule has 0 atom stereocenters. The van der Waals surface area contributed by atoms with Gasteiger partial charge in [0.2, 0.25) is 5.91 Å². The van der Waals surface area contributed by atoms with Crippen LogP contribution in [0.3, 0.4) is 0 Å². The standard InChI is InChI=1S/C17H21N3O2S2/c1-3-20-9-8-12-15(10-20)24-17(18-12)19-16(22)7-5-13(21)14-6-4-11(2)23-14/h4,6H,3,5,7-10H2,1-2H3,(H,18,19,22). The third kappa shape index (κ3) is 4.09. The SMILES string of the molecule is CCN1CCc2nc(NC(=O)CCC(=O)c3ccc(C)s3)sc2C1. The summed E-state index contributed by atoms with van der Waals surface area (Å²) in [6.07, 6.45) is 1.37. The Labute approximate surface area is 149 Å². The highest BCUT2D eigenvalue weighted by Gasteiger charge is 2.20. The molecule has 2 aromatic heterocycles. The third-order valence-electron chi connectivity index (χ3n) is 4.10. The minimum absolute atomic E-state index is 0.0280. The van der Waals surface area contributed by atoms with E-state index in [9.17, 15) is 9.59 Å². The lowest BCUT2D eigenvalue weighted by Crippen LogP contribution is -2.29. The normalized spacial score (nSPS) is 14.4. The number of fused-ring (bicyclic) bond motifs is 1. The molecule has 5 nitrogen and oxygen atoms in total. The number of nitrogens with zero attached hydrogens (tertiary/aromatic N) is 2. The topological polar surface area (TPSA) is 62.3 Å². The molecule has 1 N–H and O–H groups in total. The van der Waals surface area contributed by atoms with Crippen LogP contribution in [-0.2, 0) is 17.8 Å². The van der Waals surface area contributed by atoms with Gasteiger partial charge in [0.25, 0.3) is 0 Å². The van der Waals surface area contributed by atoms with Gasteiger partial charge in [-0.05, 0) is 25.6 Å². The molecule has 0 aliphatic carbocycles. The predicted molar refractivity (Wildman–Crippen MR) is 98.0 cm³/mol. The van der Waals surface area contributed by atoms with E-state index in [0.717, 1.165) is 41.5 Å². The van der Waals surface area contributed by atoms with Crippen LogP contribution in [0, 0.1) is 6.92 Å². The molecule has 2 aromatic rings. The highest BCUT2D eigenvalue weighted by atomic mass is 32.1. The van der Waals surface area contributed by atoms with Crippen LogP contribution >= 0.6 is 22.7 Å². The number of thiazole rings is 1. The first kappa shape index (κ1) is 17.3. The third-order valence-corrected chi connectivity index (χ3v) is 6.14. The average Bonchev–Trinajstić information content (AvgIpc) is 3.17. The van der Waals surface area contributed by atoms with Crippen molar-refractivity contribution >= 4 is 39.5 Å². The van der Waals surface area contributed by atoms with Crippen LogP contribution < -0.4 is 5.32 Å². The zero-order valence-electron chi connectivity index (χ0n) is 13.9. The number of anilines is 1. The van der Waals surface area contributed by atoms with Crippen molar-refractivity contribution in [3.05, 3.63) is 32.5 Å². The molecule has 0 fully saturated rings. The van der Waals surface area contributed by atoms with Crippen LogP contribution in [0.15, 0.2) is 12.1 Å². The molecular weight excluding hydrogens is 342 g/mol. The van der Waals surface area contributed by atoms with Gasteiger partial charge >= 0.3 is 0 Å². The summed E-state index contributed by atoms with van der Waals surface area (Å²) >= 11 is 3.02. The molecule has 0 spiro atoms. The number of nitrogens with one attached hydrogen (secondary N) is 1. The van der Waals surface area contributed by atoms with E-state index in [2.05, 4.69) is 22.1 Å². The summed E-state index contributed by atoms with van der Waals surface area (Å²) in [4.78, 5) is 34.1. The summed E-state index contributed by atoms with van der Waals surface area (Å²) < 4.78 is 0. The molecule has 3 heterocycles. The van der Waals surface area contributed by atoms with Crippen LogP contribution in [0.25, 0.3) is 0 Å². The number of carbonyl (C=O) groups is 2. The van der Waals surface area contributed by atoms with Crippen molar-refractivity contribution in [1.29, 1.82) is 0 Å². The number of thiophene rings is 1. The summed E-state index contributed by atoms with van der Waals surface area (Å²) in [5.74, 6) is -0.115. The second-order valence-electron chi connectivity index (χ2n) is 5.89. The highest BCUT2D eigenvalue weighted by Crippen LogP contribution is 2.28. The van der Waals surface area contributed by atoms with Gasteiger partial charge in [0, 0.05) is 42.1 Å². The Balaban J connectivity index is 1.52. The van der Waals surface area contributed by atoms with Gasteiger partial charge in [-0.15, -0.1) is 22.7 Å². The zero-order valence-corrected chi connectivity index (χ0v) is 15.6. The van der Waals surface area contributed by atoms with Crippen molar-refractivity contribution in [2.24, 2.45) is 0 Å². The molecule has 1 amide bonds. The van der Waals surface area contributed by atoms with Crippen molar-refractivity contribution in [3.63, 3.8) is 0 Å². The number of ketones is 1. The summed E-state index contributed by atoms with van der Waals surface area (Å²) in [7, 11) is 0. The molecule has 7 heteroatoms. The number of Topliss-reactive ketones (excluding diaryl/α,β-unsaturated/α-hetero) is 1. The Bertz CT molecular complexity index is 751. The Morgan fingerprint density at radius 2 is 2.12 bits per heavy atom. The number of aromatic nitrogens is 1. The van der Waals surface area contributed by atoms with E-state index >= 15 is 0 Å². The molecule has 128 valence electrons. The maximum atomic E-state index is 12.1.